The van der Waals surface area contributed by atoms with Crippen molar-refractivity contribution >= 4 is 17.7 Å². The normalized spacial score (nSPS) is 21.4. The molecule has 2 rings (SSSR count). The lowest BCUT2D eigenvalue weighted by atomic mass is 9.84. The molecule has 0 saturated carbocycles. The Morgan fingerprint density at radius 2 is 2.14 bits per heavy atom. The zero-order valence-electron chi connectivity index (χ0n) is 12.7. The average Bonchev–Trinajstić information content (AvgIpc) is 2.92. The van der Waals surface area contributed by atoms with Crippen molar-refractivity contribution in [1.29, 1.82) is 0 Å². The van der Waals surface area contributed by atoms with Crippen molar-refractivity contribution in [2.24, 2.45) is 5.41 Å². The van der Waals surface area contributed by atoms with Gasteiger partial charge in [-0.3, -0.25) is 9.59 Å². The van der Waals surface area contributed by atoms with Crippen molar-refractivity contribution in [3.8, 4) is 0 Å². The summed E-state index contributed by atoms with van der Waals surface area (Å²) in [5.41, 5.74) is -0.301. The van der Waals surface area contributed by atoms with Gasteiger partial charge in [0.05, 0.1) is 11.0 Å². The number of likely N-dealkylation sites (tertiary alicyclic amines) is 1. The zero-order valence-corrected chi connectivity index (χ0v) is 12.7. The van der Waals surface area contributed by atoms with Gasteiger partial charge in [-0.05, 0) is 25.0 Å². The smallest absolute Gasteiger partial charge is 0.311 e. The molecule has 2 heterocycles. The van der Waals surface area contributed by atoms with Crippen LogP contribution in [0, 0.1) is 5.41 Å². The molecule has 1 atom stereocenters. The second kappa shape index (κ2) is 5.71. The van der Waals surface area contributed by atoms with Gasteiger partial charge in [-0.1, -0.05) is 6.92 Å². The van der Waals surface area contributed by atoms with E-state index in [1.54, 1.807) is 23.2 Å². The quantitative estimate of drug-likeness (QED) is 0.909. The predicted molar refractivity (Wildman–Crippen MR) is 79.4 cm³/mol. The Morgan fingerprint density at radius 3 is 2.57 bits per heavy atom. The van der Waals surface area contributed by atoms with Gasteiger partial charge in [-0.25, -0.2) is 4.98 Å². The molecule has 1 aromatic heterocycles. The standard InChI is InChI=1S/C15H21N3O3/c1-4-15(14(20)21)7-8-18(10-15)13(19)11-5-6-12(16-9-11)17(2)3/h5-6,9H,4,7-8,10H2,1-3H3,(H,20,21). The maximum atomic E-state index is 12.4. The van der Waals surface area contributed by atoms with Gasteiger partial charge in [0, 0.05) is 33.4 Å². The molecule has 0 bridgehead atoms. The topological polar surface area (TPSA) is 73.7 Å². The van der Waals surface area contributed by atoms with Gasteiger partial charge in [0.1, 0.15) is 5.82 Å². The molecule has 0 aliphatic carbocycles. The van der Waals surface area contributed by atoms with Crippen LogP contribution >= 0.6 is 0 Å². The highest BCUT2D eigenvalue weighted by Crippen LogP contribution is 2.34. The Balaban J connectivity index is 2.13. The van der Waals surface area contributed by atoms with Gasteiger partial charge in [-0.2, -0.15) is 0 Å². The van der Waals surface area contributed by atoms with Gasteiger partial charge in [0.2, 0.25) is 0 Å². The monoisotopic (exact) mass is 291 g/mol. The van der Waals surface area contributed by atoms with Crippen LogP contribution in [0.5, 0.6) is 0 Å². The summed E-state index contributed by atoms with van der Waals surface area (Å²) in [6.45, 7) is 2.61. The summed E-state index contributed by atoms with van der Waals surface area (Å²) < 4.78 is 0. The Morgan fingerprint density at radius 1 is 1.43 bits per heavy atom. The molecule has 1 fully saturated rings. The highest BCUT2D eigenvalue weighted by atomic mass is 16.4. The van der Waals surface area contributed by atoms with Gasteiger partial charge >= 0.3 is 5.97 Å². The van der Waals surface area contributed by atoms with Crippen molar-refractivity contribution in [3.63, 3.8) is 0 Å². The van der Waals surface area contributed by atoms with Crippen LogP contribution in [0.25, 0.3) is 0 Å². The molecule has 1 saturated heterocycles. The molecular weight excluding hydrogens is 270 g/mol. The first kappa shape index (κ1) is 15.3. The SMILES string of the molecule is CCC1(C(=O)O)CCN(C(=O)c2ccc(N(C)C)nc2)C1. The molecule has 0 aromatic carbocycles. The van der Waals surface area contributed by atoms with Crippen LogP contribution < -0.4 is 4.90 Å². The van der Waals surface area contributed by atoms with Crippen LogP contribution in [0.4, 0.5) is 5.82 Å². The lowest BCUT2D eigenvalue weighted by molar-refractivity contribution is -0.148. The number of nitrogens with zero attached hydrogens (tertiary/aromatic N) is 3. The number of aromatic nitrogens is 1. The zero-order chi connectivity index (χ0) is 15.6. The van der Waals surface area contributed by atoms with E-state index in [9.17, 15) is 14.7 Å². The predicted octanol–water partition coefficient (Wildman–Crippen LogP) is 1.47. The van der Waals surface area contributed by atoms with Crippen molar-refractivity contribution in [3.05, 3.63) is 23.9 Å². The number of carboxylic acid groups (broad SMARTS) is 1. The Labute approximate surface area is 124 Å². The number of carbonyl (C=O) groups is 2. The molecule has 6 nitrogen and oxygen atoms in total. The minimum atomic E-state index is -0.818. The maximum Gasteiger partial charge on any atom is 0.311 e. The van der Waals surface area contributed by atoms with Gasteiger partial charge in [0.25, 0.3) is 5.91 Å². The summed E-state index contributed by atoms with van der Waals surface area (Å²) >= 11 is 0. The third-order valence-corrected chi connectivity index (χ3v) is 4.22. The molecule has 21 heavy (non-hydrogen) atoms. The number of hydrogen-bond donors (Lipinski definition) is 1. The van der Waals surface area contributed by atoms with Crippen LogP contribution in [-0.2, 0) is 4.79 Å². The molecule has 1 unspecified atom stereocenters. The first-order valence-electron chi connectivity index (χ1n) is 7.05. The van der Waals surface area contributed by atoms with E-state index in [-0.39, 0.29) is 12.5 Å². The summed E-state index contributed by atoms with van der Waals surface area (Å²) in [4.78, 5) is 31.6. The minimum Gasteiger partial charge on any atom is -0.481 e. The van der Waals surface area contributed by atoms with Crippen LogP contribution in [-0.4, -0.2) is 54.1 Å². The third-order valence-electron chi connectivity index (χ3n) is 4.22. The fraction of sp³-hybridized carbons (Fsp3) is 0.533. The molecule has 0 spiro atoms. The van der Waals surface area contributed by atoms with E-state index in [1.165, 1.54) is 0 Å². The largest absolute Gasteiger partial charge is 0.481 e. The van der Waals surface area contributed by atoms with E-state index in [4.69, 9.17) is 0 Å². The molecule has 1 aromatic rings. The Bertz CT molecular complexity index is 542. The highest BCUT2D eigenvalue weighted by Gasteiger charge is 2.44. The summed E-state index contributed by atoms with van der Waals surface area (Å²) in [7, 11) is 3.76. The highest BCUT2D eigenvalue weighted by molar-refractivity contribution is 5.95. The molecule has 0 radical (unpaired) electrons. The van der Waals surface area contributed by atoms with E-state index in [0.29, 0.717) is 24.9 Å². The second-order valence-electron chi connectivity index (χ2n) is 5.72. The van der Waals surface area contributed by atoms with E-state index in [1.807, 2.05) is 25.9 Å². The third kappa shape index (κ3) is 2.84. The second-order valence-corrected chi connectivity index (χ2v) is 5.72. The molecular formula is C15H21N3O3. The molecule has 114 valence electrons. The van der Waals surface area contributed by atoms with Gasteiger partial charge in [-0.15, -0.1) is 0 Å². The lowest BCUT2D eigenvalue weighted by Crippen LogP contribution is -2.36. The summed E-state index contributed by atoms with van der Waals surface area (Å²) in [5, 5.41) is 9.38. The summed E-state index contributed by atoms with van der Waals surface area (Å²) in [5.74, 6) is -0.188. The number of aliphatic carboxylic acids is 1. The van der Waals surface area contributed by atoms with Gasteiger partial charge < -0.3 is 14.9 Å². The first-order valence-corrected chi connectivity index (χ1v) is 7.05. The van der Waals surface area contributed by atoms with Crippen LogP contribution in [0.2, 0.25) is 0 Å². The number of pyridine rings is 1. The van der Waals surface area contributed by atoms with Crippen molar-refractivity contribution in [2.75, 3.05) is 32.1 Å². The lowest BCUT2D eigenvalue weighted by Gasteiger charge is -2.23. The number of carboxylic acids is 1. The Kier molecular flexibility index (Phi) is 4.16. The number of carbonyl (C=O) groups excluding carboxylic acids is 1. The summed E-state index contributed by atoms with van der Waals surface area (Å²) in [6.07, 6.45) is 2.59. The Hall–Kier alpha value is -2.11. The van der Waals surface area contributed by atoms with Crippen molar-refractivity contribution in [2.45, 2.75) is 19.8 Å². The summed E-state index contributed by atoms with van der Waals surface area (Å²) in [6, 6.07) is 3.52. The van der Waals surface area contributed by atoms with E-state index >= 15 is 0 Å². The van der Waals surface area contributed by atoms with E-state index in [2.05, 4.69) is 4.98 Å². The van der Waals surface area contributed by atoms with Crippen molar-refractivity contribution < 1.29 is 14.7 Å². The minimum absolute atomic E-state index is 0.149. The molecule has 1 N–H and O–H groups in total. The first-order chi connectivity index (χ1) is 9.89. The number of rotatable bonds is 4. The molecule has 1 aliphatic heterocycles. The van der Waals surface area contributed by atoms with Crippen LogP contribution in [0.3, 0.4) is 0 Å². The average molecular weight is 291 g/mol. The fourth-order valence-corrected chi connectivity index (χ4v) is 2.62. The molecule has 1 amide bonds. The van der Waals surface area contributed by atoms with Crippen LogP contribution in [0.15, 0.2) is 18.3 Å². The number of anilines is 1. The number of hydrogen-bond acceptors (Lipinski definition) is 4. The molecule has 1 aliphatic rings. The fourth-order valence-electron chi connectivity index (χ4n) is 2.62. The van der Waals surface area contributed by atoms with E-state index in [0.717, 1.165) is 5.82 Å². The maximum absolute atomic E-state index is 12.4. The van der Waals surface area contributed by atoms with Gasteiger partial charge in [0.15, 0.2) is 0 Å². The molecule has 6 heteroatoms. The van der Waals surface area contributed by atoms with Crippen molar-refractivity contribution in [1.82, 2.24) is 9.88 Å². The van der Waals surface area contributed by atoms with Crippen LogP contribution in [0.1, 0.15) is 30.1 Å². The number of amides is 1. The van der Waals surface area contributed by atoms with E-state index < -0.39 is 11.4 Å².